The Hall–Kier alpha value is -1.66. The Morgan fingerprint density at radius 2 is 2.25 bits per heavy atom. The molecule has 0 atom stereocenters. The van der Waals surface area contributed by atoms with Crippen molar-refractivity contribution in [1.82, 2.24) is 19.9 Å². The van der Waals surface area contributed by atoms with E-state index in [-0.39, 0.29) is 0 Å². The molecule has 1 N–H and O–H groups in total. The highest BCUT2D eigenvalue weighted by Gasteiger charge is 2.15. The summed E-state index contributed by atoms with van der Waals surface area (Å²) in [5, 5.41) is 3.14. The Bertz CT molecular complexity index is 747. The van der Waals surface area contributed by atoms with Crippen LogP contribution in [0, 0.1) is 0 Å². The topological polar surface area (TPSA) is 55.9 Å². The first-order valence-corrected chi connectivity index (χ1v) is 7.19. The Kier molecular flexibility index (Phi) is 3.58. The van der Waals surface area contributed by atoms with Gasteiger partial charge in [-0.3, -0.25) is 0 Å². The van der Waals surface area contributed by atoms with Crippen molar-refractivity contribution in [1.29, 1.82) is 0 Å². The smallest absolute Gasteiger partial charge is 0.181 e. The molecule has 20 heavy (non-hydrogen) atoms. The van der Waals surface area contributed by atoms with Crippen molar-refractivity contribution in [2.24, 2.45) is 7.05 Å². The van der Waals surface area contributed by atoms with Crippen LogP contribution in [0.3, 0.4) is 0 Å². The normalized spacial score (nSPS) is 11.3. The number of aromatic nitrogens is 3. The molecule has 3 rings (SSSR count). The quantitative estimate of drug-likeness (QED) is 0.797. The fraction of sp³-hybridized carbons (Fsp3) is 0.286. The van der Waals surface area contributed by atoms with Gasteiger partial charge in [-0.2, -0.15) is 0 Å². The molecular formula is C14H15BrN4O. The average Bonchev–Trinajstić information content (AvgIpc) is 3.00. The van der Waals surface area contributed by atoms with E-state index >= 15 is 0 Å². The van der Waals surface area contributed by atoms with Crippen molar-refractivity contribution < 1.29 is 4.42 Å². The minimum Gasteiger partial charge on any atom is -0.443 e. The number of oxazole rings is 1. The molecule has 3 aromatic rings. The van der Waals surface area contributed by atoms with Gasteiger partial charge in [0.1, 0.15) is 15.9 Å². The van der Waals surface area contributed by atoms with E-state index in [1.54, 1.807) is 0 Å². The second-order valence-electron chi connectivity index (χ2n) is 4.61. The van der Waals surface area contributed by atoms with E-state index < -0.39 is 0 Å². The van der Waals surface area contributed by atoms with Crippen molar-refractivity contribution in [2.75, 3.05) is 13.6 Å². The Morgan fingerprint density at radius 3 is 3.05 bits per heavy atom. The second-order valence-corrected chi connectivity index (χ2v) is 5.37. The van der Waals surface area contributed by atoms with E-state index in [2.05, 4.69) is 35.8 Å². The Balaban J connectivity index is 2.06. The van der Waals surface area contributed by atoms with Gasteiger partial charge in [0.25, 0.3) is 0 Å². The van der Waals surface area contributed by atoms with Gasteiger partial charge in [0.05, 0.1) is 5.69 Å². The minimum absolute atomic E-state index is 0.785. The number of rotatable bonds is 4. The lowest BCUT2D eigenvalue weighted by Crippen LogP contribution is -2.13. The van der Waals surface area contributed by atoms with Crippen molar-refractivity contribution in [2.45, 2.75) is 6.42 Å². The maximum atomic E-state index is 5.37. The zero-order valence-electron chi connectivity index (χ0n) is 11.4. The minimum atomic E-state index is 0.785. The first-order chi connectivity index (χ1) is 9.70. The fourth-order valence-electron chi connectivity index (χ4n) is 2.28. The van der Waals surface area contributed by atoms with Gasteiger partial charge in [0, 0.05) is 25.6 Å². The summed E-state index contributed by atoms with van der Waals surface area (Å²) in [7, 11) is 3.97. The van der Waals surface area contributed by atoms with Gasteiger partial charge >= 0.3 is 0 Å². The molecule has 2 heterocycles. The monoisotopic (exact) mass is 334 g/mol. The van der Waals surface area contributed by atoms with Crippen LogP contribution in [-0.4, -0.2) is 28.1 Å². The number of fused-ring (bicyclic) bond motifs is 1. The molecule has 0 amide bonds. The number of benzene rings is 1. The molecule has 0 aliphatic heterocycles. The van der Waals surface area contributed by atoms with E-state index in [9.17, 15) is 0 Å². The van der Waals surface area contributed by atoms with Crippen LogP contribution in [0.5, 0.6) is 0 Å². The van der Waals surface area contributed by atoms with Crippen molar-refractivity contribution in [3.8, 4) is 11.3 Å². The molecule has 0 bridgehead atoms. The zero-order chi connectivity index (χ0) is 14.1. The van der Waals surface area contributed by atoms with Crippen molar-refractivity contribution in [3.05, 3.63) is 35.0 Å². The molecule has 6 heteroatoms. The zero-order valence-corrected chi connectivity index (χ0v) is 12.9. The highest BCUT2D eigenvalue weighted by atomic mass is 79.9. The standard InChI is InChI=1S/C14H15BrN4O/c1-16-6-5-12-18-14(15)13(19(12)2)9-3-4-10-11(7-9)20-8-17-10/h3-4,7-8,16H,5-6H2,1-2H3. The number of nitrogens with zero attached hydrogens (tertiary/aromatic N) is 3. The second kappa shape index (κ2) is 5.38. The van der Waals surface area contributed by atoms with E-state index in [1.807, 2.05) is 32.3 Å². The molecule has 0 aliphatic carbocycles. The maximum absolute atomic E-state index is 5.37. The molecule has 1 aromatic carbocycles. The van der Waals surface area contributed by atoms with Gasteiger partial charge in [-0.05, 0) is 35.1 Å². The third-order valence-corrected chi connectivity index (χ3v) is 3.90. The molecule has 0 unspecified atom stereocenters. The van der Waals surface area contributed by atoms with Crippen LogP contribution in [0.4, 0.5) is 0 Å². The van der Waals surface area contributed by atoms with Crippen molar-refractivity contribution in [3.63, 3.8) is 0 Å². The number of imidazole rings is 1. The van der Waals surface area contributed by atoms with E-state index in [1.165, 1.54) is 6.39 Å². The lowest BCUT2D eigenvalue weighted by atomic mass is 10.1. The first-order valence-electron chi connectivity index (χ1n) is 6.40. The average molecular weight is 335 g/mol. The summed E-state index contributed by atoms with van der Waals surface area (Å²) in [5.41, 5.74) is 3.76. The van der Waals surface area contributed by atoms with Gasteiger partial charge in [0.15, 0.2) is 12.0 Å². The lowest BCUT2D eigenvalue weighted by molar-refractivity contribution is 0.602. The number of hydrogen-bond donors (Lipinski definition) is 1. The number of nitrogens with one attached hydrogen (secondary N) is 1. The summed E-state index contributed by atoms with van der Waals surface area (Å²) in [6, 6.07) is 5.99. The van der Waals surface area contributed by atoms with Gasteiger partial charge in [0.2, 0.25) is 0 Å². The molecule has 2 aromatic heterocycles. The van der Waals surface area contributed by atoms with Crippen LogP contribution in [0.25, 0.3) is 22.4 Å². The summed E-state index contributed by atoms with van der Waals surface area (Å²) < 4.78 is 8.33. The van der Waals surface area contributed by atoms with Gasteiger partial charge in [-0.1, -0.05) is 6.07 Å². The fourth-order valence-corrected chi connectivity index (χ4v) is 2.98. The molecule has 104 valence electrons. The predicted octanol–water partition coefficient (Wildman–Crippen LogP) is 2.75. The lowest BCUT2D eigenvalue weighted by Gasteiger charge is -2.06. The molecule has 0 aliphatic rings. The predicted molar refractivity (Wildman–Crippen MR) is 81.5 cm³/mol. The maximum Gasteiger partial charge on any atom is 0.181 e. The Morgan fingerprint density at radius 1 is 1.40 bits per heavy atom. The van der Waals surface area contributed by atoms with Crippen LogP contribution < -0.4 is 5.32 Å². The van der Waals surface area contributed by atoms with Crippen LogP contribution in [0.2, 0.25) is 0 Å². The Labute approximate surface area is 125 Å². The molecular weight excluding hydrogens is 320 g/mol. The van der Waals surface area contributed by atoms with E-state index in [0.717, 1.165) is 45.8 Å². The molecule has 5 nitrogen and oxygen atoms in total. The van der Waals surface area contributed by atoms with Crippen LogP contribution >= 0.6 is 15.9 Å². The summed E-state index contributed by atoms with van der Waals surface area (Å²) >= 11 is 3.55. The van der Waals surface area contributed by atoms with Crippen LogP contribution in [-0.2, 0) is 13.5 Å². The van der Waals surface area contributed by atoms with E-state index in [0.29, 0.717) is 0 Å². The van der Waals surface area contributed by atoms with Crippen molar-refractivity contribution >= 4 is 27.0 Å². The molecule has 0 spiro atoms. The number of halogens is 1. The molecule has 0 radical (unpaired) electrons. The van der Waals surface area contributed by atoms with E-state index in [4.69, 9.17) is 4.42 Å². The molecule has 0 fully saturated rings. The first kappa shape index (κ1) is 13.3. The third-order valence-electron chi connectivity index (χ3n) is 3.35. The highest BCUT2D eigenvalue weighted by molar-refractivity contribution is 9.10. The summed E-state index contributed by atoms with van der Waals surface area (Å²) in [6.45, 7) is 0.901. The number of hydrogen-bond acceptors (Lipinski definition) is 4. The largest absolute Gasteiger partial charge is 0.443 e. The summed E-state index contributed by atoms with van der Waals surface area (Å²) in [4.78, 5) is 8.72. The van der Waals surface area contributed by atoms with Crippen LogP contribution in [0.15, 0.2) is 33.6 Å². The van der Waals surface area contributed by atoms with Gasteiger partial charge in [-0.25, -0.2) is 9.97 Å². The van der Waals surface area contributed by atoms with Crippen LogP contribution in [0.1, 0.15) is 5.82 Å². The highest BCUT2D eigenvalue weighted by Crippen LogP contribution is 2.30. The summed E-state index contributed by atoms with van der Waals surface area (Å²) in [5.74, 6) is 1.04. The summed E-state index contributed by atoms with van der Waals surface area (Å²) in [6.07, 6.45) is 2.35. The van der Waals surface area contributed by atoms with Gasteiger partial charge < -0.3 is 14.3 Å². The third kappa shape index (κ3) is 2.25. The molecule has 0 saturated heterocycles. The molecule has 0 saturated carbocycles. The number of likely N-dealkylation sites (N-methyl/N-ethyl adjacent to an activating group) is 1. The van der Waals surface area contributed by atoms with Gasteiger partial charge in [-0.15, -0.1) is 0 Å². The SMILES string of the molecule is CNCCc1nc(Br)c(-c2ccc3ncoc3c2)n1C.